The number of rotatable bonds is 5. The molecule has 0 saturated heterocycles. The lowest BCUT2D eigenvalue weighted by Gasteiger charge is -2.04. The minimum atomic E-state index is 0.763. The molecule has 0 aromatic rings. The van der Waals surface area contributed by atoms with Crippen molar-refractivity contribution in [1.82, 2.24) is 0 Å². The highest BCUT2D eigenvalue weighted by Gasteiger charge is 1.94. The molecular weight excluding hydrogens is 132 g/mol. The van der Waals surface area contributed by atoms with Crippen LogP contribution < -0.4 is 0 Å². The molecule has 0 spiro atoms. The predicted molar refractivity (Wildman–Crippen MR) is 52.7 cm³/mol. The highest BCUT2D eigenvalue weighted by molar-refractivity contribution is 4.86. The van der Waals surface area contributed by atoms with Crippen molar-refractivity contribution in [3.8, 4) is 0 Å². The molecule has 2 unspecified atom stereocenters. The van der Waals surface area contributed by atoms with E-state index in [1.165, 1.54) is 19.3 Å². The molecule has 0 aromatic carbocycles. The van der Waals surface area contributed by atoms with Gasteiger partial charge in [0.25, 0.3) is 0 Å². The Morgan fingerprint density at radius 3 is 2.18 bits per heavy atom. The second kappa shape index (κ2) is 6.45. The van der Waals surface area contributed by atoms with Gasteiger partial charge in [0, 0.05) is 0 Å². The van der Waals surface area contributed by atoms with Crippen molar-refractivity contribution in [1.29, 1.82) is 0 Å². The van der Waals surface area contributed by atoms with Crippen LogP contribution in [0.1, 0.15) is 47.0 Å². The lowest BCUT2D eigenvalue weighted by Crippen LogP contribution is -1.90. The highest BCUT2D eigenvalue weighted by Crippen LogP contribution is 2.09. The summed E-state index contributed by atoms with van der Waals surface area (Å²) in [7, 11) is 0. The van der Waals surface area contributed by atoms with Crippen LogP contribution in [0.25, 0.3) is 0 Å². The van der Waals surface area contributed by atoms with Gasteiger partial charge in [-0.3, -0.25) is 0 Å². The zero-order valence-electron chi connectivity index (χ0n) is 8.43. The first kappa shape index (κ1) is 10.7. The van der Waals surface area contributed by atoms with Gasteiger partial charge < -0.3 is 0 Å². The Labute approximate surface area is 71.7 Å². The Bertz CT molecular complexity index is 103. The smallest absolute Gasteiger partial charge is 0.0265 e. The molecule has 0 heteroatoms. The third-order valence-corrected chi connectivity index (χ3v) is 2.34. The second-order valence-electron chi connectivity index (χ2n) is 3.56. The van der Waals surface area contributed by atoms with Crippen LogP contribution in [0.2, 0.25) is 0 Å². The van der Waals surface area contributed by atoms with Crippen LogP contribution in [0.5, 0.6) is 0 Å². The van der Waals surface area contributed by atoms with Gasteiger partial charge in [-0.15, -0.1) is 0 Å². The third-order valence-electron chi connectivity index (χ3n) is 2.34. The molecule has 0 fully saturated rings. The van der Waals surface area contributed by atoms with E-state index in [0.717, 1.165) is 11.8 Å². The SMILES string of the molecule is CCC(C)C=CCC(C)CC. The molecule has 0 radical (unpaired) electrons. The van der Waals surface area contributed by atoms with Crippen LogP contribution in [0.15, 0.2) is 12.2 Å². The molecule has 0 N–H and O–H groups in total. The summed E-state index contributed by atoms with van der Waals surface area (Å²) in [6, 6.07) is 0. The summed E-state index contributed by atoms with van der Waals surface area (Å²) in [6.45, 7) is 9.06. The number of allylic oxidation sites excluding steroid dienone is 2. The van der Waals surface area contributed by atoms with E-state index in [-0.39, 0.29) is 0 Å². The quantitative estimate of drug-likeness (QED) is 0.524. The summed E-state index contributed by atoms with van der Waals surface area (Å²) in [5, 5.41) is 0. The van der Waals surface area contributed by atoms with Crippen LogP contribution >= 0.6 is 0 Å². The summed E-state index contributed by atoms with van der Waals surface area (Å²) in [6.07, 6.45) is 8.48. The maximum atomic E-state index is 2.34. The van der Waals surface area contributed by atoms with Crippen molar-refractivity contribution in [2.75, 3.05) is 0 Å². The second-order valence-corrected chi connectivity index (χ2v) is 3.56. The molecule has 0 nitrogen and oxygen atoms in total. The van der Waals surface area contributed by atoms with Gasteiger partial charge in [-0.2, -0.15) is 0 Å². The van der Waals surface area contributed by atoms with Gasteiger partial charge >= 0.3 is 0 Å². The summed E-state index contributed by atoms with van der Waals surface area (Å²) in [5.74, 6) is 1.62. The van der Waals surface area contributed by atoms with Gasteiger partial charge in [0.15, 0.2) is 0 Å². The van der Waals surface area contributed by atoms with Crippen LogP contribution in [0, 0.1) is 11.8 Å². The first-order chi connectivity index (χ1) is 5.20. The van der Waals surface area contributed by atoms with Crippen molar-refractivity contribution in [2.45, 2.75) is 47.0 Å². The Morgan fingerprint density at radius 2 is 1.73 bits per heavy atom. The fraction of sp³-hybridized carbons (Fsp3) is 0.818. The van der Waals surface area contributed by atoms with E-state index in [1.807, 2.05) is 0 Å². The van der Waals surface area contributed by atoms with Crippen molar-refractivity contribution in [2.24, 2.45) is 11.8 Å². The van der Waals surface area contributed by atoms with Crippen LogP contribution in [-0.2, 0) is 0 Å². The highest BCUT2D eigenvalue weighted by atomic mass is 14.0. The van der Waals surface area contributed by atoms with E-state index in [9.17, 15) is 0 Å². The molecule has 0 amide bonds. The Hall–Kier alpha value is -0.260. The molecule has 11 heavy (non-hydrogen) atoms. The lowest BCUT2D eigenvalue weighted by atomic mass is 10.0. The van der Waals surface area contributed by atoms with Crippen molar-refractivity contribution < 1.29 is 0 Å². The average molecular weight is 154 g/mol. The van der Waals surface area contributed by atoms with Crippen molar-refractivity contribution in [3.63, 3.8) is 0 Å². The Morgan fingerprint density at radius 1 is 1.09 bits per heavy atom. The van der Waals surface area contributed by atoms with Crippen molar-refractivity contribution in [3.05, 3.63) is 12.2 Å². The van der Waals surface area contributed by atoms with E-state index in [0.29, 0.717) is 0 Å². The summed E-state index contributed by atoms with van der Waals surface area (Å²) in [5.41, 5.74) is 0. The van der Waals surface area contributed by atoms with E-state index >= 15 is 0 Å². The van der Waals surface area contributed by atoms with Gasteiger partial charge in [-0.1, -0.05) is 52.7 Å². The maximum Gasteiger partial charge on any atom is -0.0265 e. The Kier molecular flexibility index (Phi) is 6.30. The molecule has 0 aliphatic rings. The third kappa shape index (κ3) is 6.15. The molecule has 0 bridgehead atoms. The standard InChI is InChI=1S/C11H22/c1-5-10(3)8-7-9-11(4)6-2/h7-8,10-11H,5-6,9H2,1-4H3. The minimum Gasteiger partial charge on any atom is -0.0880 e. The van der Waals surface area contributed by atoms with E-state index in [4.69, 9.17) is 0 Å². The zero-order chi connectivity index (χ0) is 8.69. The first-order valence-corrected chi connectivity index (χ1v) is 4.87. The van der Waals surface area contributed by atoms with Crippen LogP contribution in [-0.4, -0.2) is 0 Å². The largest absolute Gasteiger partial charge is 0.0880 e. The first-order valence-electron chi connectivity index (χ1n) is 4.87. The van der Waals surface area contributed by atoms with Crippen LogP contribution in [0.4, 0.5) is 0 Å². The number of hydrogen-bond donors (Lipinski definition) is 0. The van der Waals surface area contributed by atoms with Gasteiger partial charge in [0.05, 0.1) is 0 Å². The van der Waals surface area contributed by atoms with E-state index in [1.54, 1.807) is 0 Å². The fourth-order valence-corrected chi connectivity index (χ4v) is 0.846. The summed E-state index contributed by atoms with van der Waals surface area (Å²) in [4.78, 5) is 0. The summed E-state index contributed by atoms with van der Waals surface area (Å²) < 4.78 is 0. The van der Waals surface area contributed by atoms with Gasteiger partial charge in [0.2, 0.25) is 0 Å². The molecule has 0 rings (SSSR count). The molecule has 2 atom stereocenters. The maximum absolute atomic E-state index is 2.34. The molecule has 66 valence electrons. The summed E-state index contributed by atoms with van der Waals surface area (Å²) >= 11 is 0. The molecule has 0 aliphatic heterocycles. The molecule has 0 aliphatic carbocycles. The monoisotopic (exact) mass is 154 g/mol. The molecule has 0 saturated carbocycles. The molecule has 0 aromatic heterocycles. The van der Waals surface area contributed by atoms with Gasteiger partial charge in [-0.05, 0) is 18.3 Å². The van der Waals surface area contributed by atoms with Gasteiger partial charge in [0.1, 0.15) is 0 Å². The Balaban J connectivity index is 3.43. The molecule has 0 heterocycles. The number of hydrogen-bond acceptors (Lipinski definition) is 0. The van der Waals surface area contributed by atoms with Crippen LogP contribution in [0.3, 0.4) is 0 Å². The van der Waals surface area contributed by atoms with Crippen molar-refractivity contribution >= 4 is 0 Å². The van der Waals surface area contributed by atoms with Gasteiger partial charge in [-0.25, -0.2) is 0 Å². The van der Waals surface area contributed by atoms with E-state index in [2.05, 4.69) is 39.8 Å². The fourth-order valence-electron chi connectivity index (χ4n) is 0.846. The lowest BCUT2D eigenvalue weighted by molar-refractivity contribution is 0.568. The van der Waals surface area contributed by atoms with E-state index < -0.39 is 0 Å². The molecular formula is C11H22. The zero-order valence-corrected chi connectivity index (χ0v) is 8.43. The normalized spacial score (nSPS) is 17.1. The minimum absolute atomic E-state index is 0.763. The predicted octanol–water partition coefficient (Wildman–Crippen LogP) is 4.02. The topological polar surface area (TPSA) is 0 Å². The average Bonchev–Trinajstić information content (AvgIpc) is 2.04.